The van der Waals surface area contributed by atoms with E-state index in [4.69, 9.17) is 10.8 Å². The lowest BCUT2D eigenvalue weighted by atomic mass is 10.1. The molecule has 16 heavy (non-hydrogen) atoms. The van der Waals surface area contributed by atoms with Crippen LogP contribution in [-0.4, -0.2) is 27.7 Å². The number of nitrogens with one attached hydrogen (secondary N) is 1. The molecule has 0 saturated heterocycles. The summed E-state index contributed by atoms with van der Waals surface area (Å²) in [5.74, 6) is 0. The Kier molecular flexibility index (Phi) is 6.36. The SMILES string of the molecule is Cl.Cl.NC(CO)Cc1c[nH]c2cccnc12. The van der Waals surface area contributed by atoms with Crippen molar-refractivity contribution in [3.8, 4) is 0 Å². The normalized spacial score (nSPS) is 11.6. The number of aromatic nitrogens is 2. The van der Waals surface area contributed by atoms with Gasteiger partial charge in [0.15, 0.2) is 0 Å². The molecule has 0 aliphatic carbocycles. The first-order valence-corrected chi connectivity index (χ1v) is 4.58. The van der Waals surface area contributed by atoms with Crippen molar-refractivity contribution < 1.29 is 5.11 Å². The minimum absolute atomic E-state index is 0. The van der Waals surface area contributed by atoms with E-state index in [1.165, 1.54) is 0 Å². The molecule has 0 radical (unpaired) electrons. The van der Waals surface area contributed by atoms with Crippen molar-refractivity contribution in [2.24, 2.45) is 5.73 Å². The van der Waals surface area contributed by atoms with Gasteiger partial charge in [-0.2, -0.15) is 0 Å². The van der Waals surface area contributed by atoms with Crippen LogP contribution in [0.2, 0.25) is 0 Å². The first-order valence-electron chi connectivity index (χ1n) is 4.58. The molecule has 0 aliphatic rings. The van der Waals surface area contributed by atoms with Crippen LogP contribution in [0.1, 0.15) is 5.56 Å². The van der Waals surface area contributed by atoms with E-state index < -0.39 is 0 Å². The number of aliphatic hydroxyl groups excluding tert-OH is 1. The molecule has 6 heteroatoms. The number of aromatic amines is 1. The summed E-state index contributed by atoms with van der Waals surface area (Å²) in [6, 6.07) is 3.64. The molecule has 90 valence electrons. The van der Waals surface area contributed by atoms with Crippen molar-refractivity contribution in [3.63, 3.8) is 0 Å². The lowest BCUT2D eigenvalue weighted by Crippen LogP contribution is -2.26. The second kappa shape index (κ2) is 6.70. The zero-order chi connectivity index (χ0) is 9.97. The summed E-state index contributed by atoms with van der Waals surface area (Å²) >= 11 is 0. The third kappa shape index (κ3) is 3.09. The fraction of sp³-hybridized carbons (Fsp3) is 0.300. The molecular formula is C10H15Cl2N3O. The predicted octanol–water partition coefficient (Wildman–Crippen LogP) is 1.27. The van der Waals surface area contributed by atoms with Gasteiger partial charge in [-0.05, 0) is 24.1 Å². The molecule has 2 heterocycles. The Morgan fingerprint density at radius 2 is 2.19 bits per heavy atom. The number of pyridine rings is 1. The number of aliphatic hydroxyl groups is 1. The Hall–Kier alpha value is -0.810. The minimum atomic E-state index is -0.212. The highest BCUT2D eigenvalue weighted by Crippen LogP contribution is 2.15. The molecule has 2 rings (SSSR count). The van der Waals surface area contributed by atoms with Gasteiger partial charge in [0.1, 0.15) is 0 Å². The molecule has 4 nitrogen and oxygen atoms in total. The molecule has 0 aliphatic heterocycles. The van der Waals surface area contributed by atoms with E-state index in [0.717, 1.165) is 16.6 Å². The lowest BCUT2D eigenvalue weighted by molar-refractivity contribution is 0.265. The molecule has 0 bridgehead atoms. The van der Waals surface area contributed by atoms with Gasteiger partial charge in [0, 0.05) is 18.4 Å². The Balaban J connectivity index is 0.00000112. The Labute approximate surface area is 106 Å². The molecule has 1 atom stereocenters. The largest absolute Gasteiger partial charge is 0.395 e. The number of nitrogens with two attached hydrogens (primary N) is 1. The van der Waals surface area contributed by atoms with Crippen molar-refractivity contribution in [2.75, 3.05) is 6.61 Å². The van der Waals surface area contributed by atoms with Gasteiger partial charge in [-0.25, -0.2) is 0 Å². The van der Waals surface area contributed by atoms with Crippen LogP contribution in [0, 0.1) is 0 Å². The molecule has 0 saturated carbocycles. The predicted molar refractivity (Wildman–Crippen MR) is 69.4 cm³/mol. The van der Waals surface area contributed by atoms with Gasteiger partial charge in [-0.3, -0.25) is 4.98 Å². The summed E-state index contributed by atoms with van der Waals surface area (Å²) in [5.41, 5.74) is 8.67. The molecule has 0 fully saturated rings. The molecular weight excluding hydrogens is 249 g/mol. The maximum Gasteiger partial charge on any atom is 0.0911 e. The summed E-state index contributed by atoms with van der Waals surface area (Å²) in [5, 5.41) is 8.85. The maximum absolute atomic E-state index is 8.85. The number of fused-ring (bicyclic) bond motifs is 1. The van der Waals surface area contributed by atoms with Crippen LogP contribution < -0.4 is 5.73 Å². The summed E-state index contributed by atoms with van der Waals surface area (Å²) < 4.78 is 0. The molecule has 2 aromatic heterocycles. The highest BCUT2D eigenvalue weighted by Gasteiger charge is 2.08. The molecule has 2 aromatic rings. The zero-order valence-corrected chi connectivity index (χ0v) is 10.2. The lowest BCUT2D eigenvalue weighted by Gasteiger charge is -2.05. The highest BCUT2D eigenvalue weighted by molar-refractivity contribution is 5.85. The van der Waals surface area contributed by atoms with E-state index >= 15 is 0 Å². The third-order valence-corrected chi connectivity index (χ3v) is 2.23. The van der Waals surface area contributed by atoms with E-state index in [-0.39, 0.29) is 37.5 Å². The third-order valence-electron chi connectivity index (χ3n) is 2.23. The van der Waals surface area contributed by atoms with Gasteiger partial charge in [-0.15, -0.1) is 24.8 Å². The number of H-pyrrole nitrogens is 1. The van der Waals surface area contributed by atoms with Crippen LogP contribution >= 0.6 is 24.8 Å². The van der Waals surface area contributed by atoms with Gasteiger partial charge >= 0.3 is 0 Å². The van der Waals surface area contributed by atoms with Crippen LogP contribution in [0.3, 0.4) is 0 Å². The van der Waals surface area contributed by atoms with Crippen LogP contribution in [-0.2, 0) is 6.42 Å². The van der Waals surface area contributed by atoms with Crippen molar-refractivity contribution in [1.82, 2.24) is 9.97 Å². The number of halogens is 2. The topological polar surface area (TPSA) is 74.9 Å². The molecule has 4 N–H and O–H groups in total. The number of nitrogens with zero attached hydrogens (tertiary/aromatic N) is 1. The second-order valence-electron chi connectivity index (χ2n) is 3.36. The fourth-order valence-electron chi connectivity index (χ4n) is 1.51. The number of hydrogen-bond donors (Lipinski definition) is 3. The van der Waals surface area contributed by atoms with Crippen LogP contribution in [0.15, 0.2) is 24.5 Å². The summed E-state index contributed by atoms with van der Waals surface area (Å²) in [6.45, 7) is -0.000489. The quantitative estimate of drug-likeness (QED) is 0.781. The van der Waals surface area contributed by atoms with Gasteiger partial charge in [0.2, 0.25) is 0 Å². The monoisotopic (exact) mass is 263 g/mol. The maximum atomic E-state index is 8.85. The molecule has 0 spiro atoms. The number of rotatable bonds is 3. The van der Waals surface area contributed by atoms with Gasteiger partial charge in [-0.1, -0.05) is 0 Å². The molecule has 0 aromatic carbocycles. The molecule has 1 unspecified atom stereocenters. The zero-order valence-electron chi connectivity index (χ0n) is 8.59. The average molecular weight is 264 g/mol. The van der Waals surface area contributed by atoms with E-state index in [0.29, 0.717) is 6.42 Å². The fourth-order valence-corrected chi connectivity index (χ4v) is 1.51. The summed E-state index contributed by atoms with van der Waals surface area (Å²) in [6.07, 6.45) is 4.30. The van der Waals surface area contributed by atoms with Crippen molar-refractivity contribution >= 4 is 35.8 Å². The average Bonchev–Trinajstić information content (AvgIpc) is 2.62. The minimum Gasteiger partial charge on any atom is -0.395 e. The van der Waals surface area contributed by atoms with E-state index in [9.17, 15) is 0 Å². The van der Waals surface area contributed by atoms with Crippen LogP contribution in [0.4, 0.5) is 0 Å². The van der Waals surface area contributed by atoms with Gasteiger partial charge < -0.3 is 15.8 Å². The smallest absolute Gasteiger partial charge is 0.0911 e. The van der Waals surface area contributed by atoms with E-state index in [1.807, 2.05) is 18.3 Å². The highest BCUT2D eigenvalue weighted by atomic mass is 35.5. The van der Waals surface area contributed by atoms with Crippen LogP contribution in [0.5, 0.6) is 0 Å². The van der Waals surface area contributed by atoms with Crippen molar-refractivity contribution in [1.29, 1.82) is 0 Å². The molecule has 0 amide bonds. The first-order chi connectivity index (χ1) is 6.81. The Morgan fingerprint density at radius 3 is 2.88 bits per heavy atom. The van der Waals surface area contributed by atoms with E-state index in [1.54, 1.807) is 6.20 Å². The Bertz CT molecular complexity index is 433. The first kappa shape index (κ1) is 15.2. The van der Waals surface area contributed by atoms with Gasteiger partial charge in [0.05, 0.1) is 17.6 Å². The van der Waals surface area contributed by atoms with Crippen molar-refractivity contribution in [3.05, 3.63) is 30.1 Å². The van der Waals surface area contributed by atoms with Crippen molar-refractivity contribution in [2.45, 2.75) is 12.5 Å². The summed E-state index contributed by atoms with van der Waals surface area (Å²) in [7, 11) is 0. The second-order valence-corrected chi connectivity index (χ2v) is 3.36. The standard InChI is InChI=1S/C10H13N3O.2ClH/c11-8(6-14)4-7-5-13-9-2-1-3-12-10(7)9;;/h1-3,5,8,13-14H,4,6,11H2;2*1H. The summed E-state index contributed by atoms with van der Waals surface area (Å²) in [4.78, 5) is 7.38. The van der Waals surface area contributed by atoms with Gasteiger partial charge in [0.25, 0.3) is 0 Å². The van der Waals surface area contributed by atoms with E-state index in [2.05, 4.69) is 9.97 Å². The number of hydrogen-bond acceptors (Lipinski definition) is 3. The van der Waals surface area contributed by atoms with Crippen LogP contribution in [0.25, 0.3) is 11.0 Å². The Morgan fingerprint density at radius 1 is 1.44 bits per heavy atom.